The van der Waals surface area contributed by atoms with Crippen LogP contribution in [0, 0.1) is 0 Å². The van der Waals surface area contributed by atoms with Gasteiger partial charge in [-0.15, -0.1) is 0 Å². The van der Waals surface area contributed by atoms with Gasteiger partial charge in [-0.25, -0.2) is 0 Å². The van der Waals surface area contributed by atoms with Gasteiger partial charge in [-0.3, -0.25) is 14.4 Å². The minimum absolute atomic E-state index is 0.0801. The lowest BCUT2D eigenvalue weighted by Gasteiger charge is -2.32. The minimum atomic E-state index is -0.475. The highest BCUT2D eigenvalue weighted by Gasteiger charge is 2.24. The Morgan fingerprint density at radius 2 is 1.80 bits per heavy atom. The summed E-state index contributed by atoms with van der Waals surface area (Å²) in [5, 5.41) is 4.99. The molecule has 0 bridgehead atoms. The van der Waals surface area contributed by atoms with Crippen molar-refractivity contribution in [2.24, 2.45) is 0 Å². The van der Waals surface area contributed by atoms with Crippen molar-refractivity contribution in [2.45, 2.75) is 6.54 Å². The van der Waals surface area contributed by atoms with Gasteiger partial charge in [0.15, 0.2) is 5.76 Å². The molecular weight excluding hydrogens is 388 g/mol. The van der Waals surface area contributed by atoms with Crippen LogP contribution in [0.15, 0.2) is 47.1 Å². The summed E-state index contributed by atoms with van der Waals surface area (Å²) < 4.78 is 10.1. The Kier molecular flexibility index (Phi) is 7.45. The fraction of sp³-hybridized carbons (Fsp3) is 0.381. The first-order chi connectivity index (χ1) is 14.5. The number of carbonyl (C=O) groups excluding carboxylic acids is 3. The second kappa shape index (κ2) is 10.4. The molecule has 9 heteroatoms. The topological polar surface area (TPSA) is 105 Å². The summed E-state index contributed by atoms with van der Waals surface area (Å²) in [6, 6.07) is 11.1. The first-order valence-corrected chi connectivity index (χ1v) is 9.88. The smallest absolute Gasteiger partial charge is 0.287 e. The number of methoxy groups -OCH3 is 1. The maximum absolute atomic E-state index is 12.3. The molecule has 3 rings (SSSR count). The predicted molar refractivity (Wildman–Crippen MR) is 108 cm³/mol. The van der Waals surface area contributed by atoms with Gasteiger partial charge in [0.1, 0.15) is 12.3 Å². The molecule has 0 spiro atoms. The van der Waals surface area contributed by atoms with E-state index in [0.29, 0.717) is 13.1 Å². The summed E-state index contributed by atoms with van der Waals surface area (Å²) >= 11 is 0. The number of furan rings is 1. The van der Waals surface area contributed by atoms with Gasteiger partial charge in [0.05, 0.1) is 52.6 Å². The molecule has 1 aliphatic rings. The highest BCUT2D eigenvalue weighted by molar-refractivity contribution is 5.94. The summed E-state index contributed by atoms with van der Waals surface area (Å²) in [6.45, 7) is 3.61. The van der Waals surface area contributed by atoms with Crippen molar-refractivity contribution in [2.75, 3.05) is 46.4 Å². The van der Waals surface area contributed by atoms with Crippen LogP contribution < -0.4 is 20.3 Å². The van der Waals surface area contributed by atoms with Crippen molar-refractivity contribution in [1.82, 2.24) is 15.5 Å². The Morgan fingerprint density at radius 1 is 1.07 bits per heavy atom. The largest absolute Gasteiger partial charge is 0.497 e. The lowest BCUT2D eigenvalue weighted by molar-refractivity contribution is -0.917. The van der Waals surface area contributed by atoms with Gasteiger partial charge in [-0.1, -0.05) is 0 Å². The Hall–Kier alpha value is -3.33. The van der Waals surface area contributed by atoms with Crippen LogP contribution in [0.1, 0.15) is 16.1 Å². The number of ether oxygens (including phenoxy) is 1. The number of nitrogens with one attached hydrogen (secondary N) is 3. The second-order valence-electron chi connectivity index (χ2n) is 7.09. The molecule has 0 unspecified atom stereocenters. The van der Waals surface area contributed by atoms with Crippen molar-refractivity contribution in [3.05, 3.63) is 54.0 Å². The van der Waals surface area contributed by atoms with E-state index in [-0.39, 0.29) is 24.8 Å². The minimum Gasteiger partial charge on any atom is -0.497 e. The maximum atomic E-state index is 12.3. The van der Waals surface area contributed by atoms with Gasteiger partial charge in [-0.05, 0) is 36.4 Å². The van der Waals surface area contributed by atoms with Gasteiger partial charge >= 0.3 is 0 Å². The quantitative estimate of drug-likeness (QED) is 0.516. The van der Waals surface area contributed by atoms with E-state index in [9.17, 15) is 14.4 Å². The van der Waals surface area contributed by atoms with Crippen LogP contribution in [-0.4, -0.2) is 69.0 Å². The van der Waals surface area contributed by atoms with Gasteiger partial charge < -0.3 is 29.6 Å². The Bertz CT molecular complexity index is 843. The zero-order chi connectivity index (χ0) is 21.3. The molecule has 3 N–H and O–H groups in total. The summed E-state index contributed by atoms with van der Waals surface area (Å²) in [7, 11) is 1.65. The van der Waals surface area contributed by atoms with Crippen LogP contribution in [-0.2, 0) is 16.1 Å². The van der Waals surface area contributed by atoms with E-state index >= 15 is 0 Å². The van der Waals surface area contributed by atoms with Gasteiger partial charge in [0.25, 0.3) is 5.91 Å². The van der Waals surface area contributed by atoms with E-state index in [4.69, 9.17) is 9.15 Å². The predicted octanol–water partition coefficient (Wildman–Crippen LogP) is -0.938. The molecule has 9 nitrogen and oxygen atoms in total. The number of hydrogen-bond donors (Lipinski definition) is 3. The van der Waals surface area contributed by atoms with Crippen molar-refractivity contribution in [1.29, 1.82) is 0 Å². The monoisotopic (exact) mass is 415 g/mol. The lowest BCUT2D eigenvalue weighted by Crippen LogP contribution is -3.13. The van der Waals surface area contributed by atoms with Gasteiger partial charge in [0, 0.05) is 5.56 Å². The highest BCUT2D eigenvalue weighted by atomic mass is 16.5. The fourth-order valence-corrected chi connectivity index (χ4v) is 3.29. The average molecular weight is 415 g/mol. The normalized spacial score (nSPS) is 14.2. The molecule has 0 atom stereocenters. The molecule has 1 aliphatic heterocycles. The van der Waals surface area contributed by atoms with E-state index in [1.807, 2.05) is 12.1 Å². The highest BCUT2D eigenvalue weighted by Crippen LogP contribution is 2.10. The van der Waals surface area contributed by atoms with Crippen LogP contribution in [0.4, 0.5) is 0 Å². The Labute approximate surface area is 175 Å². The molecule has 3 amide bonds. The summed E-state index contributed by atoms with van der Waals surface area (Å²) in [5.41, 5.74) is 1.23. The zero-order valence-corrected chi connectivity index (χ0v) is 17.0. The van der Waals surface area contributed by atoms with Gasteiger partial charge in [-0.2, -0.15) is 0 Å². The van der Waals surface area contributed by atoms with E-state index in [1.165, 1.54) is 22.8 Å². The number of carbonyl (C=O) groups is 3. The van der Waals surface area contributed by atoms with Crippen LogP contribution in [0.2, 0.25) is 0 Å². The van der Waals surface area contributed by atoms with Gasteiger partial charge in [0.2, 0.25) is 11.8 Å². The number of amides is 3. The number of benzene rings is 1. The lowest BCUT2D eigenvalue weighted by atomic mass is 10.2. The van der Waals surface area contributed by atoms with E-state index in [0.717, 1.165) is 25.4 Å². The summed E-state index contributed by atoms with van der Waals surface area (Å²) in [6.07, 6.45) is 1.38. The third kappa shape index (κ3) is 6.08. The molecule has 1 fully saturated rings. The van der Waals surface area contributed by atoms with Crippen molar-refractivity contribution >= 4 is 17.7 Å². The number of hydrogen-bond acceptors (Lipinski definition) is 5. The van der Waals surface area contributed by atoms with Crippen LogP contribution in [0.3, 0.4) is 0 Å². The third-order valence-corrected chi connectivity index (χ3v) is 5.03. The molecule has 160 valence electrons. The standard InChI is InChI=1S/C21H26N4O5/c1-29-17-6-4-16(5-7-17)15-24-8-10-25(11-9-24)20(27)14-22-19(26)13-23-21(28)18-3-2-12-30-18/h2-7,12H,8-11,13-15H2,1H3,(H,22,26)(H,23,28)/p+1. The second-order valence-corrected chi connectivity index (χ2v) is 7.09. The van der Waals surface area contributed by atoms with Crippen molar-refractivity contribution in [3.8, 4) is 5.75 Å². The first-order valence-electron chi connectivity index (χ1n) is 9.88. The number of rotatable bonds is 8. The molecule has 2 aromatic rings. The van der Waals surface area contributed by atoms with Crippen molar-refractivity contribution < 1.29 is 28.4 Å². The van der Waals surface area contributed by atoms with E-state index < -0.39 is 11.8 Å². The molecular formula is C21H27N4O5+. The first kappa shape index (κ1) is 21.4. The van der Waals surface area contributed by atoms with Crippen molar-refractivity contribution in [3.63, 3.8) is 0 Å². The summed E-state index contributed by atoms with van der Waals surface area (Å²) in [4.78, 5) is 39.1. The molecule has 1 aromatic carbocycles. The molecule has 1 aromatic heterocycles. The average Bonchev–Trinajstić information content (AvgIpc) is 3.32. The molecule has 0 saturated carbocycles. The molecule has 2 heterocycles. The molecule has 0 aliphatic carbocycles. The van der Waals surface area contributed by atoms with E-state index in [2.05, 4.69) is 22.8 Å². The maximum Gasteiger partial charge on any atom is 0.287 e. The SMILES string of the molecule is COc1ccc(C[NH+]2CCN(C(=O)CNC(=O)CNC(=O)c3ccco3)CC2)cc1. The molecule has 30 heavy (non-hydrogen) atoms. The van der Waals surface area contributed by atoms with E-state index in [1.54, 1.807) is 18.1 Å². The molecule has 1 saturated heterocycles. The number of piperazine rings is 1. The fourth-order valence-electron chi connectivity index (χ4n) is 3.29. The van der Waals surface area contributed by atoms with Crippen LogP contribution in [0.5, 0.6) is 5.75 Å². The number of nitrogens with zero attached hydrogens (tertiary/aromatic N) is 1. The summed E-state index contributed by atoms with van der Waals surface area (Å²) in [5.74, 6) is -0.0469. The van der Waals surface area contributed by atoms with Crippen LogP contribution >= 0.6 is 0 Å². The van der Waals surface area contributed by atoms with Crippen LogP contribution in [0.25, 0.3) is 0 Å². The third-order valence-electron chi connectivity index (χ3n) is 5.03. The molecule has 0 radical (unpaired) electrons. The number of quaternary nitrogens is 1. The zero-order valence-electron chi connectivity index (χ0n) is 17.0. The Morgan fingerprint density at radius 3 is 2.43 bits per heavy atom. The Balaban J connectivity index is 1.33.